The van der Waals surface area contributed by atoms with Gasteiger partial charge in [0.05, 0.1) is 0 Å². The average molecular weight is 604 g/mol. The predicted octanol–water partition coefficient (Wildman–Crippen LogP) is 12.7. The third kappa shape index (κ3) is 4.33. The van der Waals surface area contributed by atoms with Crippen LogP contribution in [0.25, 0.3) is 55.3 Å². The molecule has 0 N–H and O–H groups in total. The van der Waals surface area contributed by atoms with E-state index in [0.717, 1.165) is 44.6 Å². The largest absolute Gasteiger partial charge is 0.456 e. The molecule has 8 aromatic rings. The average Bonchev–Trinajstić information content (AvgIpc) is 3.62. The maximum absolute atomic E-state index is 6.21. The first-order valence-corrected chi connectivity index (χ1v) is 16.3. The van der Waals surface area contributed by atoms with Crippen LogP contribution >= 0.6 is 0 Å². The first kappa shape index (κ1) is 27.5. The van der Waals surface area contributed by atoms with E-state index < -0.39 is 0 Å². The van der Waals surface area contributed by atoms with Crippen LogP contribution in [0.1, 0.15) is 25.0 Å². The lowest BCUT2D eigenvalue weighted by atomic mass is 9.78. The van der Waals surface area contributed by atoms with Gasteiger partial charge in [0, 0.05) is 33.2 Å². The van der Waals surface area contributed by atoms with Crippen molar-refractivity contribution < 1.29 is 4.42 Å². The van der Waals surface area contributed by atoms with E-state index in [9.17, 15) is 0 Å². The SMILES string of the molecule is CC1(C)c2ccccc2-c2cc(N(c3ccccc3)c3ccc(-c4cccc5oc6ccccc6c45)cc3)cc(-c3ccccc3)c21. The van der Waals surface area contributed by atoms with Crippen LogP contribution < -0.4 is 4.90 Å². The van der Waals surface area contributed by atoms with Gasteiger partial charge in [-0.3, -0.25) is 0 Å². The Morgan fingerprint density at radius 3 is 1.85 bits per heavy atom. The van der Waals surface area contributed by atoms with Crippen LogP contribution in [-0.4, -0.2) is 0 Å². The van der Waals surface area contributed by atoms with Crippen LogP contribution in [0, 0.1) is 0 Å². The molecule has 1 aromatic heterocycles. The molecule has 0 fully saturated rings. The van der Waals surface area contributed by atoms with E-state index in [0.29, 0.717) is 0 Å². The molecule has 0 atom stereocenters. The van der Waals surface area contributed by atoms with Gasteiger partial charge in [0.2, 0.25) is 0 Å². The molecular formula is C45H33NO. The Kier molecular flexibility index (Phi) is 6.20. The first-order chi connectivity index (χ1) is 23.1. The van der Waals surface area contributed by atoms with Gasteiger partial charge in [0.15, 0.2) is 0 Å². The minimum atomic E-state index is -0.118. The zero-order valence-corrected chi connectivity index (χ0v) is 26.4. The highest BCUT2D eigenvalue weighted by Gasteiger charge is 2.38. The number of furan rings is 1. The molecule has 0 aliphatic heterocycles. The summed E-state index contributed by atoms with van der Waals surface area (Å²) in [5.74, 6) is 0. The fraction of sp³-hybridized carbons (Fsp3) is 0.0667. The number of rotatable bonds is 5. The van der Waals surface area contributed by atoms with Gasteiger partial charge in [-0.05, 0) is 93.0 Å². The van der Waals surface area contributed by atoms with Gasteiger partial charge in [-0.25, -0.2) is 0 Å². The lowest BCUT2D eigenvalue weighted by Crippen LogP contribution is -2.17. The second-order valence-corrected chi connectivity index (χ2v) is 12.9. The summed E-state index contributed by atoms with van der Waals surface area (Å²) >= 11 is 0. The van der Waals surface area contributed by atoms with Gasteiger partial charge in [-0.2, -0.15) is 0 Å². The van der Waals surface area contributed by atoms with Gasteiger partial charge in [-0.1, -0.05) is 129 Å². The molecule has 0 radical (unpaired) electrons. The molecule has 0 saturated carbocycles. The predicted molar refractivity (Wildman–Crippen MR) is 197 cm³/mol. The first-order valence-electron chi connectivity index (χ1n) is 16.3. The van der Waals surface area contributed by atoms with Gasteiger partial charge >= 0.3 is 0 Å². The molecule has 1 heterocycles. The van der Waals surface area contributed by atoms with E-state index in [4.69, 9.17) is 4.42 Å². The molecule has 2 nitrogen and oxygen atoms in total. The molecular weight excluding hydrogens is 571 g/mol. The Morgan fingerprint density at radius 2 is 1.04 bits per heavy atom. The van der Waals surface area contributed by atoms with E-state index in [1.807, 2.05) is 12.1 Å². The van der Waals surface area contributed by atoms with Crippen molar-refractivity contribution in [1.29, 1.82) is 0 Å². The Labute approximate surface area is 275 Å². The molecule has 0 amide bonds. The molecule has 224 valence electrons. The highest BCUT2D eigenvalue weighted by Crippen LogP contribution is 2.54. The molecule has 1 aliphatic carbocycles. The molecule has 2 heteroatoms. The monoisotopic (exact) mass is 603 g/mol. The fourth-order valence-electron chi connectivity index (χ4n) is 7.71. The third-order valence-electron chi connectivity index (χ3n) is 9.84. The molecule has 1 aliphatic rings. The Balaban J connectivity index is 1.24. The van der Waals surface area contributed by atoms with Gasteiger partial charge in [-0.15, -0.1) is 0 Å². The second-order valence-electron chi connectivity index (χ2n) is 12.9. The van der Waals surface area contributed by atoms with E-state index >= 15 is 0 Å². The van der Waals surface area contributed by atoms with Crippen LogP contribution in [0.4, 0.5) is 17.1 Å². The van der Waals surface area contributed by atoms with Crippen molar-refractivity contribution in [3.05, 3.63) is 175 Å². The van der Waals surface area contributed by atoms with E-state index in [2.05, 4.69) is 170 Å². The lowest BCUT2D eigenvalue weighted by Gasteiger charge is -2.29. The van der Waals surface area contributed by atoms with Gasteiger partial charge in [0.25, 0.3) is 0 Å². The quantitative estimate of drug-likeness (QED) is 0.195. The Morgan fingerprint density at radius 1 is 0.447 bits per heavy atom. The van der Waals surface area contributed by atoms with Crippen molar-refractivity contribution in [2.75, 3.05) is 4.90 Å². The molecule has 47 heavy (non-hydrogen) atoms. The van der Waals surface area contributed by atoms with Crippen LogP contribution in [-0.2, 0) is 5.41 Å². The normalized spacial score (nSPS) is 13.1. The summed E-state index contributed by atoms with van der Waals surface area (Å²) in [4.78, 5) is 2.39. The summed E-state index contributed by atoms with van der Waals surface area (Å²) in [6.07, 6.45) is 0. The highest BCUT2D eigenvalue weighted by atomic mass is 16.3. The lowest BCUT2D eigenvalue weighted by molar-refractivity contribution is 0.662. The molecule has 0 saturated heterocycles. The number of nitrogens with zero attached hydrogens (tertiary/aromatic N) is 1. The third-order valence-corrected chi connectivity index (χ3v) is 9.84. The molecule has 0 spiro atoms. The summed E-state index contributed by atoms with van der Waals surface area (Å²) in [7, 11) is 0. The maximum Gasteiger partial charge on any atom is 0.136 e. The van der Waals surface area contributed by atoms with Crippen LogP contribution in [0.3, 0.4) is 0 Å². The van der Waals surface area contributed by atoms with Crippen molar-refractivity contribution in [1.82, 2.24) is 0 Å². The zero-order valence-electron chi connectivity index (χ0n) is 26.4. The number of hydrogen-bond acceptors (Lipinski definition) is 2. The summed E-state index contributed by atoms with van der Waals surface area (Å²) in [5, 5.41) is 2.30. The van der Waals surface area contributed by atoms with Crippen molar-refractivity contribution in [2.45, 2.75) is 19.3 Å². The minimum absolute atomic E-state index is 0.118. The Bertz CT molecular complexity index is 2420. The van der Waals surface area contributed by atoms with Gasteiger partial charge in [0.1, 0.15) is 11.2 Å². The number of fused-ring (bicyclic) bond motifs is 6. The second kappa shape index (κ2) is 10.6. The van der Waals surface area contributed by atoms with Gasteiger partial charge < -0.3 is 9.32 Å². The topological polar surface area (TPSA) is 16.4 Å². The van der Waals surface area contributed by atoms with E-state index in [1.165, 1.54) is 38.9 Å². The van der Waals surface area contributed by atoms with Crippen molar-refractivity contribution in [2.24, 2.45) is 0 Å². The number of para-hydroxylation sites is 2. The number of hydrogen-bond donors (Lipinski definition) is 0. The summed E-state index contributed by atoms with van der Waals surface area (Å²) < 4.78 is 6.21. The van der Waals surface area contributed by atoms with Crippen LogP contribution in [0.2, 0.25) is 0 Å². The zero-order chi connectivity index (χ0) is 31.5. The molecule has 7 aromatic carbocycles. The standard InChI is InChI=1S/C45H33NO/c1-45(2)40-21-11-9-18-36(40)39-29-34(28-38(44(39)45)30-14-5-3-6-15-30)46(32-16-7-4-8-17-32)33-26-24-31(25-27-33)35-20-13-23-42-43(35)37-19-10-12-22-41(37)47-42/h3-29H,1-2H3. The van der Waals surface area contributed by atoms with E-state index in [-0.39, 0.29) is 5.41 Å². The van der Waals surface area contributed by atoms with E-state index in [1.54, 1.807) is 0 Å². The summed E-state index contributed by atoms with van der Waals surface area (Å²) in [6.45, 7) is 4.72. The molecule has 0 unspecified atom stereocenters. The number of benzene rings is 7. The van der Waals surface area contributed by atoms with Crippen molar-refractivity contribution in [3.8, 4) is 33.4 Å². The highest BCUT2D eigenvalue weighted by molar-refractivity contribution is 6.12. The molecule has 0 bridgehead atoms. The van der Waals surface area contributed by atoms with Crippen molar-refractivity contribution >= 4 is 39.0 Å². The van der Waals surface area contributed by atoms with Crippen molar-refractivity contribution in [3.63, 3.8) is 0 Å². The minimum Gasteiger partial charge on any atom is -0.456 e. The maximum atomic E-state index is 6.21. The Hall–Kier alpha value is -5.86. The summed E-state index contributed by atoms with van der Waals surface area (Å²) in [6, 6.07) is 58.8. The molecule has 9 rings (SSSR count). The summed E-state index contributed by atoms with van der Waals surface area (Å²) in [5.41, 5.74) is 15.3. The fourth-order valence-corrected chi connectivity index (χ4v) is 7.71. The number of anilines is 3. The smallest absolute Gasteiger partial charge is 0.136 e. The van der Waals surface area contributed by atoms with Crippen LogP contribution in [0.5, 0.6) is 0 Å². The van der Waals surface area contributed by atoms with Crippen LogP contribution in [0.15, 0.2) is 168 Å².